The molecule has 1 aromatic rings. The molecule has 1 saturated heterocycles. The van der Waals surface area contributed by atoms with Crippen molar-refractivity contribution in [2.45, 2.75) is 25.0 Å². The van der Waals surface area contributed by atoms with Gasteiger partial charge in [-0.2, -0.15) is 0 Å². The van der Waals surface area contributed by atoms with Crippen LogP contribution in [-0.4, -0.2) is 30.6 Å². The lowest BCUT2D eigenvalue weighted by molar-refractivity contribution is -0.128. The first kappa shape index (κ1) is 15.1. The smallest absolute Gasteiger partial charge is 0.252 e. The summed E-state index contributed by atoms with van der Waals surface area (Å²) < 4.78 is 5.42. The van der Waals surface area contributed by atoms with E-state index in [-0.39, 0.29) is 17.0 Å². The van der Waals surface area contributed by atoms with Crippen LogP contribution in [0.4, 0.5) is 0 Å². The predicted molar refractivity (Wildman–Crippen MR) is 75.9 cm³/mol. The minimum absolute atomic E-state index is 0.206. The maximum absolute atomic E-state index is 12.0. The highest BCUT2D eigenvalue weighted by atomic mass is 35.5. The highest BCUT2D eigenvalue weighted by molar-refractivity contribution is 6.36. The summed E-state index contributed by atoms with van der Waals surface area (Å²) in [5.41, 5.74) is 5.51. The second-order valence-electron chi connectivity index (χ2n) is 4.56. The van der Waals surface area contributed by atoms with Crippen molar-refractivity contribution >= 4 is 35.0 Å². The Morgan fingerprint density at radius 2 is 2.10 bits per heavy atom. The van der Waals surface area contributed by atoms with Crippen molar-refractivity contribution < 1.29 is 14.3 Å². The van der Waals surface area contributed by atoms with E-state index >= 15 is 0 Å². The van der Waals surface area contributed by atoms with Crippen LogP contribution in [0.25, 0.3) is 0 Å². The summed E-state index contributed by atoms with van der Waals surface area (Å²) in [6.07, 6.45) is 0.498. The molecule has 3 N–H and O–H groups in total. The van der Waals surface area contributed by atoms with E-state index in [9.17, 15) is 9.59 Å². The molecule has 2 amide bonds. The van der Waals surface area contributed by atoms with Gasteiger partial charge >= 0.3 is 0 Å². The van der Waals surface area contributed by atoms with Crippen LogP contribution in [-0.2, 0) is 9.53 Å². The third kappa shape index (κ3) is 3.62. The molecule has 0 aromatic heterocycles. The molecule has 20 heavy (non-hydrogen) atoms. The Bertz CT molecular complexity index is 536. The lowest BCUT2D eigenvalue weighted by atomic mass is 10.1. The van der Waals surface area contributed by atoms with Gasteiger partial charge in [0.05, 0.1) is 16.7 Å². The van der Waals surface area contributed by atoms with E-state index in [0.29, 0.717) is 30.0 Å². The average molecular weight is 317 g/mol. The minimum Gasteiger partial charge on any atom is -0.367 e. The van der Waals surface area contributed by atoms with Crippen molar-refractivity contribution in [1.82, 2.24) is 5.32 Å². The monoisotopic (exact) mass is 316 g/mol. The molecule has 108 valence electrons. The van der Waals surface area contributed by atoms with Crippen molar-refractivity contribution in [3.8, 4) is 0 Å². The van der Waals surface area contributed by atoms with Gasteiger partial charge in [-0.3, -0.25) is 9.59 Å². The number of nitrogens with one attached hydrogen (secondary N) is 1. The SMILES string of the molecule is NC(=O)[C@@H]1CC[C@H](CNC(=O)c2ccc(Cl)cc2Cl)O1. The largest absolute Gasteiger partial charge is 0.367 e. The minimum atomic E-state index is -0.559. The Morgan fingerprint density at radius 1 is 1.35 bits per heavy atom. The van der Waals surface area contributed by atoms with Crippen LogP contribution in [0.1, 0.15) is 23.2 Å². The summed E-state index contributed by atoms with van der Waals surface area (Å²) in [5.74, 6) is -0.780. The van der Waals surface area contributed by atoms with Crippen LogP contribution >= 0.6 is 23.2 Å². The summed E-state index contributed by atoms with van der Waals surface area (Å²) >= 11 is 11.7. The predicted octanol–water partition coefficient (Wildman–Crippen LogP) is 1.76. The van der Waals surface area contributed by atoms with Crippen molar-refractivity contribution in [3.63, 3.8) is 0 Å². The van der Waals surface area contributed by atoms with E-state index in [1.165, 1.54) is 6.07 Å². The number of hydrogen-bond donors (Lipinski definition) is 2. The molecule has 5 nitrogen and oxygen atoms in total. The molecule has 0 unspecified atom stereocenters. The average Bonchev–Trinajstić information content (AvgIpc) is 2.85. The molecule has 0 radical (unpaired) electrons. The van der Waals surface area contributed by atoms with E-state index in [1.54, 1.807) is 12.1 Å². The Kier molecular flexibility index (Phi) is 4.86. The van der Waals surface area contributed by atoms with Crippen LogP contribution in [0.15, 0.2) is 18.2 Å². The molecule has 7 heteroatoms. The van der Waals surface area contributed by atoms with E-state index in [0.717, 1.165) is 0 Å². The number of rotatable bonds is 4. The Morgan fingerprint density at radius 3 is 2.70 bits per heavy atom. The number of carbonyl (C=O) groups excluding carboxylic acids is 2. The van der Waals surface area contributed by atoms with E-state index in [4.69, 9.17) is 33.7 Å². The first-order chi connectivity index (χ1) is 9.47. The topological polar surface area (TPSA) is 81.4 Å². The van der Waals surface area contributed by atoms with E-state index < -0.39 is 12.0 Å². The van der Waals surface area contributed by atoms with Crippen molar-refractivity contribution in [2.75, 3.05) is 6.54 Å². The molecule has 1 fully saturated rings. The highest BCUT2D eigenvalue weighted by Crippen LogP contribution is 2.22. The summed E-state index contributed by atoms with van der Waals surface area (Å²) in [6.45, 7) is 0.307. The van der Waals surface area contributed by atoms with Crippen LogP contribution in [0, 0.1) is 0 Å². The van der Waals surface area contributed by atoms with Crippen molar-refractivity contribution in [2.24, 2.45) is 5.73 Å². The maximum atomic E-state index is 12.0. The number of primary amides is 1. The van der Waals surface area contributed by atoms with Gasteiger partial charge in [-0.15, -0.1) is 0 Å². The number of amides is 2. The standard InChI is InChI=1S/C13H14Cl2N2O3/c14-7-1-3-9(10(15)5-7)13(19)17-6-8-2-4-11(20-8)12(16)18/h1,3,5,8,11H,2,4,6H2,(H2,16,18)(H,17,19)/t8-,11+/m1/s1. The fraction of sp³-hybridized carbons (Fsp3) is 0.385. The number of carbonyl (C=O) groups is 2. The summed E-state index contributed by atoms with van der Waals surface area (Å²) in [4.78, 5) is 22.9. The molecule has 2 atom stereocenters. The van der Waals surface area contributed by atoms with Crippen LogP contribution in [0.3, 0.4) is 0 Å². The Labute approximate surface area is 126 Å². The van der Waals surface area contributed by atoms with Gasteiger partial charge < -0.3 is 15.8 Å². The van der Waals surface area contributed by atoms with Gasteiger partial charge in [-0.25, -0.2) is 0 Å². The van der Waals surface area contributed by atoms with Gasteiger partial charge in [0.1, 0.15) is 6.10 Å². The fourth-order valence-corrected chi connectivity index (χ4v) is 2.53. The number of benzene rings is 1. The lowest BCUT2D eigenvalue weighted by Crippen LogP contribution is -2.34. The molecule has 0 spiro atoms. The number of hydrogen-bond acceptors (Lipinski definition) is 3. The Balaban J connectivity index is 1.88. The molecule has 1 aliphatic rings. The molecular weight excluding hydrogens is 303 g/mol. The molecule has 1 heterocycles. The summed E-state index contributed by atoms with van der Waals surface area (Å²) in [5, 5.41) is 3.47. The maximum Gasteiger partial charge on any atom is 0.252 e. The van der Waals surface area contributed by atoms with Gasteiger partial charge in [0, 0.05) is 11.6 Å². The van der Waals surface area contributed by atoms with Gasteiger partial charge in [-0.05, 0) is 31.0 Å². The van der Waals surface area contributed by atoms with Gasteiger partial charge in [0.2, 0.25) is 5.91 Å². The first-order valence-corrected chi connectivity index (χ1v) is 6.91. The van der Waals surface area contributed by atoms with Crippen LogP contribution in [0.5, 0.6) is 0 Å². The number of ether oxygens (including phenoxy) is 1. The number of nitrogens with two attached hydrogens (primary N) is 1. The third-order valence-electron chi connectivity index (χ3n) is 3.09. The van der Waals surface area contributed by atoms with Crippen molar-refractivity contribution in [1.29, 1.82) is 0 Å². The zero-order valence-electron chi connectivity index (χ0n) is 10.6. The zero-order valence-corrected chi connectivity index (χ0v) is 12.1. The normalized spacial score (nSPS) is 21.7. The first-order valence-electron chi connectivity index (χ1n) is 6.15. The number of halogens is 2. The second-order valence-corrected chi connectivity index (χ2v) is 5.40. The highest BCUT2D eigenvalue weighted by Gasteiger charge is 2.29. The van der Waals surface area contributed by atoms with Gasteiger partial charge in [-0.1, -0.05) is 23.2 Å². The lowest BCUT2D eigenvalue weighted by Gasteiger charge is -2.13. The summed E-state index contributed by atoms with van der Waals surface area (Å²) in [7, 11) is 0. The molecule has 2 rings (SSSR count). The van der Waals surface area contributed by atoms with Crippen LogP contribution < -0.4 is 11.1 Å². The fourth-order valence-electron chi connectivity index (χ4n) is 2.04. The molecule has 0 aliphatic carbocycles. The zero-order chi connectivity index (χ0) is 14.7. The van der Waals surface area contributed by atoms with E-state index in [2.05, 4.69) is 5.32 Å². The summed E-state index contributed by atoms with van der Waals surface area (Å²) in [6, 6.07) is 4.66. The van der Waals surface area contributed by atoms with Crippen molar-refractivity contribution in [3.05, 3.63) is 33.8 Å². The van der Waals surface area contributed by atoms with E-state index in [1.807, 2.05) is 0 Å². The molecular formula is C13H14Cl2N2O3. The third-order valence-corrected chi connectivity index (χ3v) is 3.64. The Hall–Kier alpha value is -1.30. The van der Waals surface area contributed by atoms with Gasteiger partial charge in [0.25, 0.3) is 5.91 Å². The molecule has 1 aromatic carbocycles. The molecule has 0 saturated carbocycles. The quantitative estimate of drug-likeness (QED) is 0.888. The second kappa shape index (κ2) is 6.43. The van der Waals surface area contributed by atoms with Gasteiger partial charge in [0.15, 0.2) is 0 Å². The van der Waals surface area contributed by atoms with Crippen LogP contribution in [0.2, 0.25) is 10.0 Å². The molecule has 1 aliphatic heterocycles. The molecule has 0 bridgehead atoms.